The Morgan fingerprint density at radius 3 is 3.08 bits per heavy atom. The van der Waals surface area contributed by atoms with Gasteiger partial charge in [0.05, 0.1) is 13.2 Å². The van der Waals surface area contributed by atoms with Gasteiger partial charge in [-0.25, -0.2) is 4.98 Å². The number of hydrogen-bond acceptors (Lipinski definition) is 5. The smallest absolute Gasteiger partial charge is 0.223 e. The van der Waals surface area contributed by atoms with Crippen LogP contribution in [0, 0.1) is 11.3 Å². The van der Waals surface area contributed by atoms with Crippen LogP contribution in [0.15, 0.2) is 6.20 Å². The summed E-state index contributed by atoms with van der Waals surface area (Å²) >= 11 is 0. The summed E-state index contributed by atoms with van der Waals surface area (Å²) in [5.74, 6) is 0.625. The summed E-state index contributed by atoms with van der Waals surface area (Å²) in [6.45, 7) is 0. The number of nitrogen functional groups attached to an aromatic ring is 1. The number of nitriles is 1. The molecular formula is C8H10N4O. The van der Waals surface area contributed by atoms with Crippen molar-refractivity contribution in [3.8, 4) is 11.9 Å². The Morgan fingerprint density at radius 2 is 2.46 bits per heavy atom. The number of hydrogen-bond donors (Lipinski definition) is 1. The number of aromatic nitrogens is 2. The minimum Gasteiger partial charge on any atom is -0.481 e. The average Bonchev–Trinajstić information content (AvgIpc) is 2.16. The van der Waals surface area contributed by atoms with Crippen LogP contribution >= 0.6 is 0 Å². The fraction of sp³-hybridized carbons (Fsp3) is 0.375. The molecule has 1 aromatic rings. The molecule has 0 unspecified atom stereocenters. The first-order valence-electron chi connectivity index (χ1n) is 3.80. The van der Waals surface area contributed by atoms with Crippen molar-refractivity contribution in [2.24, 2.45) is 0 Å². The number of ether oxygens (including phenoxy) is 1. The van der Waals surface area contributed by atoms with E-state index in [0.717, 1.165) is 5.56 Å². The SMILES string of the molecule is COc1nc(N)ncc1CCC#N. The second-order valence-electron chi connectivity index (χ2n) is 2.42. The highest BCUT2D eigenvalue weighted by Gasteiger charge is 2.04. The van der Waals surface area contributed by atoms with Crippen LogP contribution in [-0.2, 0) is 6.42 Å². The normalized spacial score (nSPS) is 9.23. The van der Waals surface area contributed by atoms with Gasteiger partial charge in [0.15, 0.2) is 0 Å². The molecule has 0 bridgehead atoms. The lowest BCUT2D eigenvalue weighted by Crippen LogP contribution is -2.01. The van der Waals surface area contributed by atoms with Gasteiger partial charge in [-0.3, -0.25) is 0 Å². The van der Waals surface area contributed by atoms with Gasteiger partial charge in [0, 0.05) is 18.2 Å². The Balaban J connectivity index is 2.87. The van der Waals surface area contributed by atoms with Gasteiger partial charge in [0.25, 0.3) is 0 Å². The number of anilines is 1. The Labute approximate surface area is 76.2 Å². The molecule has 0 aliphatic carbocycles. The van der Waals surface area contributed by atoms with Gasteiger partial charge in [0.1, 0.15) is 0 Å². The lowest BCUT2D eigenvalue weighted by molar-refractivity contribution is 0.392. The molecule has 0 saturated carbocycles. The minimum atomic E-state index is 0.178. The second-order valence-corrected chi connectivity index (χ2v) is 2.42. The molecule has 0 aliphatic heterocycles. The summed E-state index contributed by atoms with van der Waals surface area (Å²) in [6.07, 6.45) is 2.59. The van der Waals surface area contributed by atoms with E-state index in [4.69, 9.17) is 15.7 Å². The molecule has 0 saturated heterocycles. The fourth-order valence-corrected chi connectivity index (χ4v) is 0.943. The molecule has 0 amide bonds. The van der Waals surface area contributed by atoms with Crippen molar-refractivity contribution in [2.75, 3.05) is 12.8 Å². The van der Waals surface area contributed by atoms with E-state index in [-0.39, 0.29) is 5.95 Å². The first kappa shape index (κ1) is 9.26. The molecule has 1 heterocycles. The number of rotatable bonds is 3. The summed E-state index contributed by atoms with van der Waals surface area (Å²) in [6, 6.07) is 2.04. The summed E-state index contributed by atoms with van der Waals surface area (Å²) in [4.78, 5) is 7.70. The lowest BCUT2D eigenvalue weighted by Gasteiger charge is -2.04. The zero-order valence-electron chi connectivity index (χ0n) is 7.32. The van der Waals surface area contributed by atoms with Crippen LogP contribution in [0.3, 0.4) is 0 Å². The first-order valence-corrected chi connectivity index (χ1v) is 3.80. The summed E-state index contributed by atoms with van der Waals surface area (Å²) < 4.78 is 4.98. The Morgan fingerprint density at radius 1 is 1.69 bits per heavy atom. The van der Waals surface area contributed by atoms with Crippen LogP contribution < -0.4 is 10.5 Å². The predicted octanol–water partition coefficient (Wildman–Crippen LogP) is 0.524. The molecule has 68 valence electrons. The van der Waals surface area contributed by atoms with Gasteiger partial charge >= 0.3 is 0 Å². The molecule has 5 heteroatoms. The highest BCUT2D eigenvalue weighted by atomic mass is 16.5. The van der Waals surface area contributed by atoms with Crippen LogP contribution in [0.25, 0.3) is 0 Å². The first-order chi connectivity index (χ1) is 6.27. The largest absolute Gasteiger partial charge is 0.481 e. The molecule has 0 atom stereocenters. The van der Waals surface area contributed by atoms with Crippen molar-refractivity contribution in [3.05, 3.63) is 11.8 Å². The zero-order valence-corrected chi connectivity index (χ0v) is 7.32. The third-order valence-corrected chi connectivity index (χ3v) is 1.54. The number of aryl methyl sites for hydroxylation is 1. The van der Waals surface area contributed by atoms with E-state index in [2.05, 4.69) is 9.97 Å². The maximum atomic E-state index is 8.39. The molecule has 13 heavy (non-hydrogen) atoms. The highest BCUT2D eigenvalue weighted by molar-refractivity contribution is 5.30. The van der Waals surface area contributed by atoms with Crippen molar-refractivity contribution in [3.63, 3.8) is 0 Å². The zero-order chi connectivity index (χ0) is 9.68. The maximum absolute atomic E-state index is 8.39. The van der Waals surface area contributed by atoms with E-state index in [1.54, 1.807) is 6.20 Å². The van der Waals surface area contributed by atoms with Crippen molar-refractivity contribution in [2.45, 2.75) is 12.8 Å². The third kappa shape index (κ3) is 2.30. The van der Waals surface area contributed by atoms with E-state index in [9.17, 15) is 0 Å². The minimum absolute atomic E-state index is 0.178. The molecule has 0 spiro atoms. The molecule has 2 N–H and O–H groups in total. The van der Waals surface area contributed by atoms with Gasteiger partial charge in [-0.15, -0.1) is 0 Å². The van der Waals surface area contributed by atoms with Gasteiger partial charge in [-0.1, -0.05) is 0 Å². The Bertz CT molecular complexity index is 331. The lowest BCUT2D eigenvalue weighted by atomic mass is 10.2. The van der Waals surface area contributed by atoms with E-state index in [1.807, 2.05) is 6.07 Å². The monoisotopic (exact) mass is 178 g/mol. The standard InChI is InChI=1S/C8H10N4O/c1-13-7-6(3-2-4-9)5-11-8(10)12-7/h5H,2-3H2,1H3,(H2,10,11,12). The van der Waals surface area contributed by atoms with Gasteiger partial charge in [-0.05, 0) is 6.42 Å². The molecule has 5 nitrogen and oxygen atoms in total. The van der Waals surface area contributed by atoms with Crippen molar-refractivity contribution in [1.29, 1.82) is 5.26 Å². The van der Waals surface area contributed by atoms with Crippen LogP contribution in [-0.4, -0.2) is 17.1 Å². The molecule has 1 rings (SSSR count). The van der Waals surface area contributed by atoms with Crippen molar-refractivity contribution in [1.82, 2.24) is 9.97 Å². The predicted molar refractivity (Wildman–Crippen MR) is 46.9 cm³/mol. The second kappa shape index (κ2) is 4.26. The molecule has 0 fully saturated rings. The van der Waals surface area contributed by atoms with E-state index in [1.165, 1.54) is 7.11 Å². The van der Waals surface area contributed by atoms with Gasteiger partial charge in [0.2, 0.25) is 11.8 Å². The van der Waals surface area contributed by atoms with Crippen molar-refractivity contribution >= 4 is 5.95 Å². The topological polar surface area (TPSA) is 84.8 Å². The van der Waals surface area contributed by atoms with Gasteiger partial charge in [-0.2, -0.15) is 10.2 Å². The maximum Gasteiger partial charge on any atom is 0.223 e. The molecule has 0 radical (unpaired) electrons. The molecule has 0 aliphatic rings. The number of methoxy groups -OCH3 is 1. The summed E-state index contributed by atoms with van der Waals surface area (Å²) in [5, 5.41) is 8.39. The van der Waals surface area contributed by atoms with Gasteiger partial charge < -0.3 is 10.5 Å². The molecule has 0 aromatic carbocycles. The fourth-order valence-electron chi connectivity index (χ4n) is 0.943. The number of nitrogens with zero attached hydrogens (tertiary/aromatic N) is 3. The Hall–Kier alpha value is -1.83. The molecular weight excluding hydrogens is 168 g/mol. The van der Waals surface area contributed by atoms with E-state index in [0.29, 0.717) is 18.7 Å². The Kier molecular flexibility index (Phi) is 3.03. The summed E-state index contributed by atoms with van der Waals surface area (Å²) in [7, 11) is 1.51. The van der Waals surface area contributed by atoms with Crippen LogP contribution in [0.4, 0.5) is 5.95 Å². The average molecular weight is 178 g/mol. The van der Waals surface area contributed by atoms with Crippen LogP contribution in [0.5, 0.6) is 5.88 Å². The van der Waals surface area contributed by atoms with E-state index >= 15 is 0 Å². The van der Waals surface area contributed by atoms with Crippen molar-refractivity contribution < 1.29 is 4.74 Å². The third-order valence-electron chi connectivity index (χ3n) is 1.54. The summed E-state index contributed by atoms with van der Waals surface area (Å²) in [5.41, 5.74) is 6.17. The van der Waals surface area contributed by atoms with E-state index < -0.39 is 0 Å². The quantitative estimate of drug-likeness (QED) is 0.729. The number of nitrogens with two attached hydrogens (primary N) is 1. The highest BCUT2D eigenvalue weighted by Crippen LogP contribution is 2.15. The molecule has 1 aromatic heterocycles. The van der Waals surface area contributed by atoms with Crippen LogP contribution in [0.1, 0.15) is 12.0 Å². The van der Waals surface area contributed by atoms with Crippen LogP contribution in [0.2, 0.25) is 0 Å².